The number of carbonyl (C=O) groups is 1. The van der Waals surface area contributed by atoms with Crippen LogP contribution in [0.25, 0.3) is 0 Å². The van der Waals surface area contributed by atoms with Crippen molar-refractivity contribution in [3.8, 4) is 0 Å². The standard InChI is InChI=1S/C12H16ClNO2/c1-8-7-14(6-5-10(8)13)12(15)11-4-3-9(2)16-11/h3-4,8,10H,5-7H2,1-2H3. The van der Waals surface area contributed by atoms with Gasteiger partial charge in [0, 0.05) is 18.5 Å². The fourth-order valence-corrected chi connectivity index (χ4v) is 2.18. The molecular weight excluding hydrogens is 226 g/mol. The van der Waals surface area contributed by atoms with Crippen LogP contribution >= 0.6 is 11.6 Å². The highest BCUT2D eigenvalue weighted by Gasteiger charge is 2.28. The van der Waals surface area contributed by atoms with Crippen LogP contribution in [0.15, 0.2) is 16.5 Å². The first-order chi connectivity index (χ1) is 7.58. The number of hydrogen-bond donors (Lipinski definition) is 0. The van der Waals surface area contributed by atoms with Crippen LogP contribution < -0.4 is 0 Å². The number of rotatable bonds is 1. The second kappa shape index (κ2) is 4.50. The number of likely N-dealkylation sites (tertiary alicyclic amines) is 1. The zero-order chi connectivity index (χ0) is 11.7. The van der Waals surface area contributed by atoms with Gasteiger partial charge in [-0.2, -0.15) is 0 Å². The lowest BCUT2D eigenvalue weighted by molar-refractivity contribution is 0.0653. The monoisotopic (exact) mass is 241 g/mol. The lowest BCUT2D eigenvalue weighted by atomic mass is 9.99. The lowest BCUT2D eigenvalue weighted by Crippen LogP contribution is -2.43. The summed E-state index contributed by atoms with van der Waals surface area (Å²) in [4.78, 5) is 13.9. The van der Waals surface area contributed by atoms with E-state index in [4.69, 9.17) is 16.0 Å². The molecule has 1 aromatic heterocycles. The molecule has 2 atom stereocenters. The minimum absolute atomic E-state index is 0.0245. The molecule has 0 aliphatic carbocycles. The first kappa shape index (κ1) is 11.5. The maximum Gasteiger partial charge on any atom is 0.289 e. The second-order valence-electron chi connectivity index (χ2n) is 4.44. The Morgan fingerprint density at radius 2 is 2.31 bits per heavy atom. The topological polar surface area (TPSA) is 33.5 Å². The van der Waals surface area contributed by atoms with Gasteiger partial charge in [-0.05, 0) is 31.4 Å². The molecule has 1 aromatic rings. The molecule has 0 aromatic carbocycles. The fourth-order valence-electron chi connectivity index (χ4n) is 2.01. The highest BCUT2D eigenvalue weighted by atomic mass is 35.5. The molecule has 1 amide bonds. The molecule has 1 aliphatic rings. The molecule has 88 valence electrons. The molecule has 2 rings (SSSR count). The smallest absolute Gasteiger partial charge is 0.289 e. The summed E-state index contributed by atoms with van der Waals surface area (Å²) in [6.07, 6.45) is 0.855. The van der Waals surface area contributed by atoms with Crippen molar-refractivity contribution < 1.29 is 9.21 Å². The maximum atomic E-state index is 12.1. The zero-order valence-corrected chi connectivity index (χ0v) is 10.3. The van der Waals surface area contributed by atoms with Crippen LogP contribution in [-0.2, 0) is 0 Å². The Labute approximate surface area is 100 Å². The number of aryl methyl sites for hydroxylation is 1. The molecular formula is C12H16ClNO2. The fraction of sp³-hybridized carbons (Fsp3) is 0.583. The summed E-state index contributed by atoms with van der Waals surface area (Å²) >= 11 is 6.13. The van der Waals surface area contributed by atoms with Crippen molar-refractivity contribution in [2.75, 3.05) is 13.1 Å². The Hall–Kier alpha value is -0.960. The van der Waals surface area contributed by atoms with E-state index in [2.05, 4.69) is 6.92 Å². The van der Waals surface area contributed by atoms with Gasteiger partial charge in [0.05, 0.1) is 0 Å². The minimum Gasteiger partial charge on any atom is -0.456 e. The average molecular weight is 242 g/mol. The predicted octanol–water partition coefficient (Wildman–Crippen LogP) is 2.68. The van der Waals surface area contributed by atoms with E-state index in [1.165, 1.54) is 0 Å². The van der Waals surface area contributed by atoms with E-state index in [0.717, 1.165) is 18.7 Å². The highest BCUT2D eigenvalue weighted by molar-refractivity contribution is 6.20. The van der Waals surface area contributed by atoms with Gasteiger partial charge in [-0.3, -0.25) is 4.79 Å². The van der Waals surface area contributed by atoms with Gasteiger partial charge >= 0.3 is 0 Å². The van der Waals surface area contributed by atoms with E-state index in [-0.39, 0.29) is 11.3 Å². The molecule has 2 heterocycles. The van der Waals surface area contributed by atoms with Gasteiger partial charge in [0.2, 0.25) is 0 Å². The Balaban J connectivity index is 2.06. The summed E-state index contributed by atoms with van der Waals surface area (Å²) in [6, 6.07) is 3.54. The van der Waals surface area contributed by atoms with Gasteiger partial charge < -0.3 is 9.32 Å². The third-order valence-corrected chi connectivity index (χ3v) is 3.69. The van der Waals surface area contributed by atoms with Crippen molar-refractivity contribution in [2.45, 2.75) is 25.6 Å². The molecule has 0 radical (unpaired) electrons. The number of amides is 1. The summed E-state index contributed by atoms with van der Waals surface area (Å²) in [7, 11) is 0. The van der Waals surface area contributed by atoms with Crippen molar-refractivity contribution in [1.29, 1.82) is 0 Å². The first-order valence-corrected chi connectivity index (χ1v) is 6.01. The molecule has 16 heavy (non-hydrogen) atoms. The molecule has 1 aliphatic heterocycles. The number of halogens is 1. The van der Waals surface area contributed by atoms with Crippen LogP contribution in [-0.4, -0.2) is 29.3 Å². The molecule has 0 spiro atoms. The van der Waals surface area contributed by atoms with E-state index >= 15 is 0 Å². The summed E-state index contributed by atoms with van der Waals surface area (Å²) in [5, 5.41) is 0.183. The number of nitrogens with zero attached hydrogens (tertiary/aromatic N) is 1. The van der Waals surface area contributed by atoms with E-state index < -0.39 is 0 Å². The van der Waals surface area contributed by atoms with Crippen LogP contribution in [0, 0.1) is 12.8 Å². The number of hydrogen-bond acceptors (Lipinski definition) is 2. The van der Waals surface area contributed by atoms with Crippen molar-refractivity contribution >= 4 is 17.5 Å². The molecule has 2 unspecified atom stereocenters. The van der Waals surface area contributed by atoms with Crippen LogP contribution in [0.5, 0.6) is 0 Å². The van der Waals surface area contributed by atoms with Gasteiger partial charge in [0.1, 0.15) is 5.76 Å². The molecule has 1 fully saturated rings. The Bertz CT molecular complexity index is 388. The van der Waals surface area contributed by atoms with E-state index in [0.29, 0.717) is 18.2 Å². The van der Waals surface area contributed by atoms with Crippen molar-refractivity contribution in [2.24, 2.45) is 5.92 Å². The summed E-state index contributed by atoms with van der Waals surface area (Å²) < 4.78 is 5.34. The molecule has 0 saturated carbocycles. The van der Waals surface area contributed by atoms with Crippen molar-refractivity contribution in [3.05, 3.63) is 23.7 Å². The number of furan rings is 1. The van der Waals surface area contributed by atoms with Crippen molar-refractivity contribution in [3.63, 3.8) is 0 Å². The maximum absolute atomic E-state index is 12.1. The van der Waals surface area contributed by atoms with Gasteiger partial charge in [-0.25, -0.2) is 0 Å². The number of alkyl halides is 1. The highest BCUT2D eigenvalue weighted by Crippen LogP contribution is 2.23. The van der Waals surface area contributed by atoms with E-state index in [1.54, 1.807) is 6.07 Å². The minimum atomic E-state index is -0.0245. The predicted molar refractivity (Wildman–Crippen MR) is 62.8 cm³/mol. The second-order valence-corrected chi connectivity index (χ2v) is 5.00. The van der Waals surface area contributed by atoms with Crippen LogP contribution in [0.1, 0.15) is 29.7 Å². The molecule has 1 saturated heterocycles. The zero-order valence-electron chi connectivity index (χ0n) is 9.57. The van der Waals surface area contributed by atoms with Crippen LogP contribution in [0.3, 0.4) is 0 Å². The Kier molecular flexibility index (Phi) is 3.24. The Morgan fingerprint density at radius 1 is 1.56 bits per heavy atom. The summed E-state index contributed by atoms with van der Waals surface area (Å²) in [6.45, 7) is 5.35. The molecule has 0 N–H and O–H groups in total. The van der Waals surface area contributed by atoms with Crippen LogP contribution in [0.4, 0.5) is 0 Å². The van der Waals surface area contributed by atoms with Gasteiger partial charge in [0.25, 0.3) is 5.91 Å². The number of piperidine rings is 1. The summed E-state index contributed by atoms with van der Waals surface area (Å²) in [5.41, 5.74) is 0. The van der Waals surface area contributed by atoms with Gasteiger partial charge in [0.15, 0.2) is 5.76 Å². The van der Waals surface area contributed by atoms with E-state index in [9.17, 15) is 4.79 Å². The van der Waals surface area contributed by atoms with Gasteiger partial charge in [-0.1, -0.05) is 6.92 Å². The van der Waals surface area contributed by atoms with Gasteiger partial charge in [-0.15, -0.1) is 11.6 Å². The van der Waals surface area contributed by atoms with E-state index in [1.807, 2.05) is 17.9 Å². The molecule has 4 heteroatoms. The lowest BCUT2D eigenvalue weighted by Gasteiger charge is -2.33. The van der Waals surface area contributed by atoms with Crippen LogP contribution in [0.2, 0.25) is 0 Å². The third kappa shape index (κ3) is 2.24. The van der Waals surface area contributed by atoms with Crippen molar-refractivity contribution in [1.82, 2.24) is 4.90 Å². The Morgan fingerprint density at radius 3 is 2.88 bits per heavy atom. The quantitative estimate of drug-likeness (QED) is 0.709. The average Bonchev–Trinajstić information content (AvgIpc) is 2.68. The molecule has 0 bridgehead atoms. The number of carbonyl (C=O) groups excluding carboxylic acids is 1. The normalized spacial score (nSPS) is 25.8. The SMILES string of the molecule is Cc1ccc(C(=O)N2CCC(Cl)C(C)C2)o1. The first-order valence-electron chi connectivity index (χ1n) is 5.57. The largest absolute Gasteiger partial charge is 0.456 e. The third-order valence-electron chi connectivity index (χ3n) is 3.04. The summed E-state index contributed by atoms with van der Waals surface area (Å²) in [5.74, 6) is 1.51. The molecule has 3 nitrogen and oxygen atoms in total.